The zero-order valence-electron chi connectivity index (χ0n) is 6.63. The fraction of sp³-hybridized carbons (Fsp3) is 0.500. The highest BCUT2D eigenvalue weighted by Gasteiger charge is 2.20. The minimum atomic E-state index is 0.885. The summed E-state index contributed by atoms with van der Waals surface area (Å²) in [5.41, 5.74) is 0. The Labute approximate surface area is 85.1 Å². The third-order valence-corrected chi connectivity index (χ3v) is 2.71. The predicted molar refractivity (Wildman–Crippen MR) is 56.0 cm³/mol. The second-order valence-electron chi connectivity index (χ2n) is 3.04. The van der Waals surface area contributed by atoms with Crippen molar-refractivity contribution < 1.29 is 0 Å². The van der Waals surface area contributed by atoms with Gasteiger partial charge in [0.2, 0.25) is 0 Å². The third-order valence-electron chi connectivity index (χ3n) is 1.92. The molecule has 0 amide bonds. The van der Waals surface area contributed by atoms with Crippen LogP contribution in [0.1, 0.15) is 12.8 Å². The highest BCUT2D eigenvalue weighted by molar-refractivity contribution is 14.1. The van der Waals surface area contributed by atoms with Gasteiger partial charge in [0.1, 0.15) is 12.1 Å². The molecule has 0 radical (unpaired) electrons. The van der Waals surface area contributed by atoms with Crippen molar-refractivity contribution in [1.82, 2.24) is 9.97 Å². The first kappa shape index (κ1) is 8.22. The van der Waals surface area contributed by atoms with E-state index in [0.29, 0.717) is 0 Å². The van der Waals surface area contributed by atoms with Gasteiger partial charge >= 0.3 is 0 Å². The first-order valence-electron chi connectivity index (χ1n) is 4.05. The van der Waals surface area contributed by atoms with Gasteiger partial charge in [-0.1, -0.05) is 0 Å². The topological polar surface area (TPSA) is 37.8 Å². The molecule has 0 atom stereocenters. The lowest BCUT2D eigenvalue weighted by atomic mass is 10.4. The molecule has 1 aromatic rings. The quantitative estimate of drug-likeness (QED) is 0.856. The van der Waals surface area contributed by atoms with Crippen molar-refractivity contribution >= 4 is 28.4 Å². The number of halogens is 1. The van der Waals surface area contributed by atoms with E-state index in [1.807, 2.05) is 6.20 Å². The predicted octanol–water partition coefficient (Wildman–Crippen LogP) is 1.90. The van der Waals surface area contributed by atoms with Crippen LogP contribution >= 0.6 is 22.6 Å². The number of nitrogens with zero attached hydrogens (tertiary/aromatic N) is 2. The molecule has 1 N–H and O–H groups in total. The van der Waals surface area contributed by atoms with Crippen molar-refractivity contribution in [2.75, 3.05) is 11.9 Å². The Morgan fingerprint density at radius 3 is 3.08 bits per heavy atom. The maximum Gasteiger partial charge on any atom is 0.142 e. The zero-order chi connectivity index (χ0) is 8.39. The number of anilines is 1. The average Bonchev–Trinajstić information content (AvgIpc) is 2.86. The lowest BCUT2D eigenvalue weighted by Gasteiger charge is -2.04. The summed E-state index contributed by atoms with van der Waals surface area (Å²) in [6.45, 7) is 1.06. The number of nitrogens with one attached hydrogen (secondary N) is 1. The van der Waals surface area contributed by atoms with Gasteiger partial charge in [-0.15, -0.1) is 0 Å². The van der Waals surface area contributed by atoms with Crippen LogP contribution in [-0.4, -0.2) is 16.5 Å². The van der Waals surface area contributed by atoms with Crippen LogP contribution in [-0.2, 0) is 0 Å². The molecule has 0 aromatic carbocycles. The number of hydrogen-bond acceptors (Lipinski definition) is 3. The Kier molecular flexibility index (Phi) is 2.43. The molecule has 0 saturated heterocycles. The van der Waals surface area contributed by atoms with Crippen molar-refractivity contribution in [1.29, 1.82) is 0 Å². The van der Waals surface area contributed by atoms with E-state index in [1.54, 1.807) is 6.33 Å². The summed E-state index contributed by atoms with van der Waals surface area (Å²) in [6.07, 6.45) is 6.14. The molecule has 3 nitrogen and oxygen atoms in total. The molecule has 1 aliphatic rings. The molecule has 1 fully saturated rings. The molecule has 1 aromatic heterocycles. The van der Waals surface area contributed by atoms with Gasteiger partial charge in [0.15, 0.2) is 0 Å². The first-order chi connectivity index (χ1) is 5.86. The van der Waals surface area contributed by atoms with E-state index in [4.69, 9.17) is 0 Å². The Balaban J connectivity index is 1.96. The SMILES string of the molecule is Ic1cncnc1NCC1CC1. The second kappa shape index (κ2) is 3.55. The van der Waals surface area contributed by atoms with Crippen molar-refractivity contribution in [2.24, 2.45) is 5.92 Å². The molecule has 1 aliphatic carbocycles. The van der Waals surface area contributed by atoms with E-state index in [1.165, 1.54) is 12.8 Å². The summed E-state index contributed by atoms with van der Waals surface area (Å²) in [7, 11) is 0. The molecular formula is C8H10IN3. The highest BCUT2D eigenvalue weighted by Crippen LogP contribution is 2.29. The van der Waals surface area contributed by atoms with E-state index in [2.05, 4.69) is 37.9 Å². The summed E-state index contributed by atoms with van der Waals surface area (Å²) in [5, 5.41) is 3.32. The van der Waals surface area contributed by atoms with E-state index < -0.39 is 0 Å². The Morgan fingerprint density at radius 2 is 2.42 bits per heavy atom. The van der Waals surface area contributed by atoms with Gasteiger partial charge in [0.25, 0.3) is 0 Å². The minimum absolute atomic E-state index is 0.885. The van der Waals surface area contributed by atoms with Gasteiger partial charge in [-0.3, -0.25) is 0 Å². The van der Waals surface area contributed by atoms with Crippen molar-refractivity contribution in [3.8, 4) is 0 Å². The van der Waals surface area contributed by atoms with Gasteiger partial charge in [0.05, 0.1) is 3.57 Å². The lowest BCUT2D eigenvalue weighted by Crippen LogP contribution is -2.06. The summed E-state index contributed by atoms with van der Waals surface area (Å²) in [4.78, 5) is 8.08. The van der Waals surface area contributed by atoms with Crippen LogP contribution in [0.25, 0.3) is 0 Å². The van der Waals surface area contributed by atoms with Gasteiger partial charge in [0, 0.05) is 12.7 Å². The van der Waals surface area contributed by atoms with Gasteiger partial charge in [-0.2, -0.15) is 0 Å². The van der Waals surface area contributed by atoms with Gasteiger partial charge < -0.3 is 5.32 Å². The smallest absolute Gasteiger partial charge is 0.142 e. The van der Waals surface area contributed by atoms with Crippen molar-refractivity contribution in [3.05, 3.63) is 16.1 Å². The molecular weight excluding hydrogens is 265 g/mol. The molecule has 0 unspecified atom stereocenters. The van der Waals surface area contributed by atoms with Crippen LogP contribution in [0, 0.1) is 9.49 Å². The highest BCUT2D eigenvalue weighted by atomic mass is 127. The number of aromatic nitrogens is 2. The summed E-state index contributed by atoms with van der Waals surface area (Å²) >= 11 is 2.24. The monoisotopic (exact) mass is 275 g/mol. The van der Waals surface area contributed by atoms with Crippen molar-refractivity contribution in [2.45, 2.75) is 12.8 Å². The Hall–Kier alpha value is -0.390. The van der Waals surface area contributed by atoms with E-state index in [-0.39, 0.29) is 0 Å². The fourth-order valence-corrected chi connectivity index (χ4v) is 1.50. The summed E-state index contributed by atoms with van der Waals surface area (Å²) in [5.74, 6) is 1.85. The zero-order valence-corrected chi connectivity index (χ0v) is 8.78. The van der Waals surface area contributed by atoms with Crippen LogP contribution in [0.4, 0.5) is 5.82 Å². The van der Waals surface area contributed by atoms with Crippen LogP contribution in [0.3, 0.4) is 0 Å². The molecule has 1 heterocycles. The van der Waals surface area contributed by atoms with Crippen LogP contribution in [0.5, 0.6) is 0 Å². The maximum atomic E-state index is 4.15. The number of rotatable bonds is 3. The van der Waals surface area contributed by atoms with E-state index >= 15 is 0 Å². The maximum absolute atomic E-state index is 4.15. The van der Waals surface area contributed by atoms with Gasteiger partial charge in [-0.05, 0) is 41.4 Å². The average molecular weight is 275 g/mol. The normalized spacial score (nSPS) is 16.1. The minimum Gasteiger partial charge on any atom is -0.369 e. The largest absolute Gasteiger partial charge is 0.369 e. The molecule has 64 valence electrons. The van der Waals surface area contributed by atoms with Gasteiger partial charge in [-0.25, -0.2) is 9.97 Å². The summed E-state index contributed by atoms with van der Waals surface area (Å²) < 4.78 is 1.09. The first-order valence-corrected chi connectivity index (χ1v) is 5.13. The molecule has 0 spiro atoms. The molecule has 0 aliphatic heterocycles. The van der Waals surface area contributed by atoms with E-state index in [0.717, 1.165) is 21.9 Å². The lowest BCUT2D eigenvalue weighted by molar-refractivity contribution is 0.879. The van der Waals surface area contributed by atoms with E-state index in [9.17, 15) is 0 Å². The molecule has 2 rings (SSSR count). The molecule has 0 bridgehead atoms. The standard InChI is InChI=1S/C8H10IN3/c9-7-4-10-5-12-8(7)11-3-6-1-2-6/h4-6H,1-3H2,(H,10,11,12). The van der Waals surface area contributed by atoms with Crippen LogP contribution in [0.15, 0.2) is 12.5 Å². The second-order valence-corrected chi connectivity index (χ2v) is 4.21. The molecule has 12 heavy (non-hydrogen) atoms. The Bertz CT molecular complexity index is 273. The molecule has 4 heteroatoms. The molecule has 1 saturated carbocycles. The summed E-state index contributed by atoms with van der Waals surface area (Å²) in [6, 6.07) is 0. The fourth-order valence-electron chi connectivity index (χ4n) is 1.01. The Morgan fingerprint density at radius 1 is 1.58 bits per heavy atom. The van der Waals surface area contributed by atoms with Crippen molar-refractivity contribution in [3.63, 3.8) is 0 Å². The van der Waals surface area contributed by atoms with Crippen LogP contribution in [0.2, 0.25) is 0 Å². The number of hydrogen-bond donors (Lipinski definition) is 1. The van der Waals surface area contributed by atoms with Crippen LogP contribution < -0.4 is 5.32 Å². The third kappa shape index (κ3) is 2.06.